The van der Waals surface area contributed by atoms with Crippen molar-refractivity contribution in [3.05, 3.63) is 0 Å². The van der Waals surface area contributed by atoms with Gasteiger partial charge in [-0.05, 0) is 18.8 Å². The van der Waals surface area contributed by atoms with Crippen LogP contribution in [0.1, 0.15) is 45.4 Å². The average molecular weight is 219 g/mol. The highest BCUT2D eigenvalue weighted by atomic mass is 15.2. The van der Waals surface area contributed by atoms with E-state index in [0.29, 0.717) is 24.8 Å². The Morgan fingerprint density at radius 2 is 1.62 bits per heavy atom. The van der Waals surface area contributed by atoms with E-state index < -0.39 is 0 Å². The van der Waals surface area contributed by atoms with Crippen LogP contribution in [-0.2, 0) is 0 Å². The molecule has 3 nitrogen and oxygen atoms in total. The highest BCUT2D eigenvalue weighted by Gasteiger charge is 2.26. The van der Waals surface area contributed by atoms with Gasteiger partial charge in [-0.15, -0.1) is 0 Å². The zero-order valence-corrected chi connectivity index (χ0v) is 10.2. The van der Waals surface area contributed by atoms with Crippen LogP contribution in [0.4, 0.5) is 0 Å². The van der Waals surface area contributed by atoms with Crippen LogP contribution >= 0.6 is 0 Å². The molecular formula is C13H21N3. The maximum Gasteiger partial charge on any atom is 0.0635 e. The summed E-state index contributed by atoms with van der Waals surface area (Å²) in [5.41, 5.74) is 0. The monoisotopic (exact) mass is 219 g/mol. The molecule has 3 heteroatoms. The summed E-state index contributed by atoms with van der Waals surface area (Å²) in [5, 5.41) is 17.3. The Bertz CT molecular complexity index is 256. The Kier molecular flexibility index (Phi) is 5.90. The van der Waals surface area contributed by atoms with Crippen molar-refractivity contribution < 1.29 is 0 Å². The lowest BCUT2D eigenvalue weighted by Crippen LogP contribution is -2.42. The van der Waals surface area contributed by atoms with E-state index in [4.69, 9.17) is 10.5 Å². The van der Waals surface area contributed by atoms with Crippen LogP contribution in [0.15, 0.2) is 0 Å². The van der Waals surface area contributed by atoms with Crippen molar-refractivity contribution in [1.82, 2.24) is 4.90 Å². The van der Waals surface area contributed by atoms with Gasteiger partial charge in [0.15, 0.2) is 0 Å². The molecule has 88 valence electrons. The molecule has 1 saturated carbocycles. The van der Waals surface area contributed by atoms with Crippen molar-refractivity contribution in [2.75, 3.05) is 13.1 Å². The number of nitriles is 2. The summed E-state index contributed by atoms with van der Waals surface area (Å²) >= 11 is 0. The second kappa shape index (κ2) is 7.25. The second-order valence-electron chi connectivity index (χ2n) is 4.68. The van der Waals surface area contributed by atoms with Gasteiger partial charge in [-0.2, -0.15) is 10.5 Å². The van der Waals surface area contributed by atoms with E-state index in [1.165, 1.54) is 25.7 Å². The zero-order chi connectivity index (χ0) is 11.8. The van der Waals surface area contributed by atoms with Crippen molar-refractivity contribution in [1.29, 1.82) is 10.5 Å². The molecule has 0 aromatic heterocycles. The molecular weight excluding hydrogens is 198 g/mol. The second-order valence-corrected chi connectivity index (χ2v) is 4.68. The summed E-state index contributed by atoms with van der Waals surface area (Å²) in [6.07, 6.45) is 6.31. The van der Waals surface area contributed by atoms with Crippen LogP contribution < -0.4 is 0 Å². The van der Waals surface area contributed by atoms with Crippen LogP contribution in [0, 0.1) is 28.6 Å². The molecule has 16 heavy (non-hydrogen) atoms. The number of rotatable bonds is 5. The van der Waals surface area contributed by atoms with Gasteiger partial charge in [0, 0.05) is 32.0 Å². The van der Waals surface area contributed by atoms with Gasteiger partial charge in [0.2, 0.25) is 0 Å². The van der Waals surface area contributed by atoms with Crippen LogP contribution in [0.25, 0.3) is 0 Å². The van der Waals surface area contributed by atoms with Crippen LogP contribution in [0.3, 0.4) is 0 Å². The van der Waals surface area contributed by atoms with Gasteiger partial charge in [-0.1, -0.05) is 19.8 Å². The van der Waals surface area contributed by atoms with E-state index in [1.807, 2.05) is 0 Å². The normalized spacial score (nSPS) is 25.0. The topological polar surface area (TPSA) is 50.8 Å². The first kappa shape index (κ1) is 13.0. The Morgan fingerprint density at radius 3 is 2.12 bits per heavy atom. The fourth-order valence-corrected chi connectivity index (χ4v) is 2.67. The first-order valence-corrected chi connectivity index (χ1v) is 6.27. The van der Waals surface area contributed by atoms with E-state index in [1.54, 1.807) is 0 Å². The third kappa shape index (κ3) is 3.83. The van der Waals surface area contributed by atoms with Crippen LogP contribution in [-0.4, -0.2) is 24.0 Å². The molecule has 0 heterocycles. The minimum absolute atomic E-state index is 0.578. The van der Waals surface area contributed by atoms with Gasteiger partial charge >= 0.3 is 0 Å². The Hall–Kier alpha value is -1.06. The molecule has 1 aliphatic carbocycles. The van der Waals surface area contributed by atoms with E-state index in [9.17, 15) is 0 Å². The lowest BCUT2D eigenvalue weighted by Gasteiger charge is -2.38. The van der Waals surface area contributed by atoms with Crippen molar-refractivity contribution >= 4 is 0 Å². The standard InChI is InChI=1S/C13H21N3/c1-12-6-2-3-7-13(12)16(10-4-8-14)11-5-9-15/h12-13H,2-7,10-11H2,1H3. The van der Waals surface area contributed by atoms with Gasteiger partial charge in [-0.25, -0.2) is 0 Å². The molecule has 0 aromatic carbocycles. The quantitative estimate of drug-likeness (QED) is 0.714. The summed E-state index contributed by atoms with van der Waals surface area (Å²) in [6.45, 7) is 3.95. The lowest BCUT2D eigenvalue weighted by molar-refractivity contribution is 0.116. The summed E-state index contributed by atoms with van der Waals surface area (Å²) in [7, 11) is 0. The van der Waals surface area contributed by atoms with Crippen molar-refractivity contribution in [3.63, 3.8) is 0 Å². The SMILES string of the molecule is CC1CCCCC1N(CCC#N)CCC#N. The first-order chi connectivity index (χ1) is 7.79. The molecule has 0 aliphatic heterocycles. The van der Waals surface area contributed by atoms with Gasteiger partial charge in [0.05, 0.1) is 12.1 Å². The largest absolute Gasteiger partial charge is 0.298 e. The molecule has 0 N–H and O–H groups in total. The van der Waals surface area contributed by atoms with E-state index in [0.717, 1.165) is 13.1 Å². The maximum atomic E-state index is 8.66. The summed E-state index contributed by atoms with van der Waals surface area (Å²) in [4.78, 5) is 2.36. The van der Waals surface area contributed by atoms with Crippen LogP contribution in [0.5, 0.6) is 0 Å². The number of hydrogen-bond donors (Lipinski definition) is 0. The van der Waals surface area contributed by atoms with E-state index >= 15 is 0 Å². The minimum Gasteiger partial charge on any atom is -0.298 e. The molecule has 1 fully saturated rings. The number of nitrogens with zero attached hydrogens (tertiary/aromatic N) is 3. The molecule has 1 rings (SSSR count). The van der Waals surface area contributed by atoms with Crippen molar-refractivity contribution in [2.45, 2.75) is 51.5 Å². The van der Waals surface area contributed by atoms with E-state index in [2.05, 4.69) is 24.0 Å². The van der Waals surface area contributed by atoms with Crippen molar-refractivity contribution in [3.8, 4) is 12.1 Å². The van der Waals surface area contributed by atoms with Crippen LogP contribution in [0.2, 0.25) is 0 Å². The number of hydrogen-bond acceptors (Lipinski definition) is 3. The average Bonchev–Trinajstić information content (AvgIpc) is 2.31. The summed E-state index contributed by atoms with van der Waals surface area (Å²) in [6, 6.07) is 5.00. The molecule has 1 aliphatic rings. The molecule has 0 radical (unpaired) electrons. The molecule has 0 aromatic rings. The molecule has 2 atom stereocenters. The highest BCUT2D eigenvalue weighted by Crippen LogP contribution is 2.28. The summed E-state index contributed by atoms with van der Waals surface area (Å²) in [5.74, 6) is 0.714. The summed E-state index contributed by atoms with van der Waals surface area (Å²) < 4.78 is 0. The smallest absolute Gasteiger partial charge is 0.0635 e. The zero-order valence-electron chi connectivity index (χ0n) is 10.2. The fraction of sp³-hybridized carbons (Fsp3) is 0.846. The van der Waals surface area contributed by atoms with Gasteiger partial charge in [-0.3, -0.25) is 4.90 Å². The third-order valence-corrected chi connectivity index (χ3v) is 3.56. The van der Waals surface area contributed by atoms with E-state index in [-0.39, 0.29) is 0 Å². The third-order valence-electron chi connectivity index (χ3n) is 3.56. The Labute approximate surface area is 98.7 Å². The maximum absolute atomic E-state index is 8.66. The van der Waals surface area contributed by atoms with Gasteiger partial charge in [0.1, 0.15) is 0 Å². The van der Waals surface area contributed by atoms with Gasteiger partial charge < -0.3 is 0 Å². The lowest BCUT2D eigenvalue weighted by atomic mass is 9.84. The van der Waals surface area contributed by atoms with Gasteiger partial charge in [0.25, 0.3) is 0 Å². The molecule has 0 amide bonds. The molecule has 2 unspecified atom stereocenters. The molecule has 0 spiro atoms. The Morgan fingerprint density at radius 1 is 1.06 bits per heavy atom. The first-order valence-electron chi connectivity index (χ1n) is 6.27. The molecule has 0 bridgehead atoms. The highest BCUT2D eigenvalue weighted by molar-refractivity contribution is 4.85. The fourth-order valence-electron chi connectivity index (χ4n) is 2.67. The Balaban J connectivity index is 2.52. The molecule has 0 saturated heterocycles. The predicted molar refractivity (Wildman–Crippen MR) is 63.5 cm³/mol. The predicted octanol–water partition coefficient (Wildman–Crippen LogP) is 2.69. The minimum atomic E-state index is 0.578. The van der Waals surface area contributed by atoms with Crippen molar-refractivity contribution in [2.24, 2.45) is 5.92 Å².